The van der Waals surface area contributed by atoms with E-state index in [0.29, 0.717) is 13.2 Å². The first-order chi connectivity index (χ1) is 10.1. The highest BCUT2D eigenvalue weighted by atomic mass is 79.9. The topological polar surface area (TPSA) is 18.5 Å². The zero-order chi connectivity index (χ0) is 14.8. The molecule has 0 saturated carbocycles. The van der Waals surface area contributed by atoms with Crippen LogP contribution in [0.4, 0.5) is 0 Å². The van der Waals surface area contributed by atoms with Gasteiger partial charge in [-0.1, -0.05) is 37.9 Å². The van der Waals surface area contributed by atoms with Crippen molar-refractivity contribution >= 4 is 43.5 Å². The predicted octanol–water partition coefficient (Wildman–Crippen LogP) is 5.70. The number of rotatable bonds is 2. The second-order valence-electron chi connectivity index (χ2n) is 4.79. The third kappa shape index (κ3) is 3.38. The minimum atomic E-state index is -0.256. The van der Waals surface area contributed by atoms with Crippen molar-refractivity contribution in [3.8, 4) is 11.5 Å². The lowest BCUT2D eigenvalue weighted by molar-refractivity contribution is 0.297. The van der Waals surface area contributed by atoms with Crippen molar-refractivity contribution in [1.29, 1.82) is 0 Å². The number of hydrogen-bond acceptors (Lipinski definition) is 2. The highest BCUT2D eigenvalue weighted by molar-refractivity contribution is 9.11. The van der Waals surface area contributed by atoms with E-state index in [9.17, 15) is 0 Å². The summed E-state index contributed by atoms with van der Waals surface area (Å²) in [6, 6.07) is 11.9. The lowest BCUT2D eigenvalue weighted by Crippen LogP contribution is -1.98. The van der Waals surface area contributed by atoms with Crippen LogP contribution in [-0.4, -0.2) is 13.2 Å². The van der Waals surface area contributed by atoms with Crippen molar-refractivity contribution in [2.24, 2.45) is 0 Å². The van der Waals surface area contributed by atoms with E-state index in [2.05, 4.69) is 31.9 Å². The Morgan fingerprint density at radius 1 is 0.952 bits per heavy atom. The number of benzene rings is 2. The normalized spacial score (nSPS) is 15.4. The molecule has 0 N–H and O–H groups in total. The summed E-state index contributed by atoms with van der Waals surface area (Å²) in [7, 11) is 0. The molecule has 0 aromatic heterocycles. The molecule has 1 heterocycles. The smallest absolute Gasteiger partial charge is 0.161 e. The highest BCUT2D eigenvalue weighted by Gasteiger charge is 2.18. The van der Waals surface area contributed by atoms with Crippen LogP contribution in [0.1, 0.15) is 22.9 Å². The highest BCUT2D eigenvalue weighted by Crippen LogP contribution is 2.39. The van der Waals surface area contributed by atoms with Crippen LogP contribution in [0.3, 0.4) is 0 Å². The van der Waals surface area contributed by atoms with Gasteiger partial charge in [0.2, 0.25) is 0 Å². The molecule has 110 valence electrons. The summed E-state index contributed by atoms with van der Waals surface area (Å²) in [5.74, 6) is 1.55. The van der Waals surface area contributed by atoms with Crippen LogP contribution in [0.5, 0.6) is 11.5 Å². The van der Waals surface area contributed by atoms with Gasteiger partial charge in [-0.2, -0.15) is 0 Å². The van der Waals surface area contributed by atoms with E-state index >= 15 is 0 Å². The van der Waals surface area contributed by atoms with Crippen molar-refractivity contribution in [1.82, 2.24) is 0 Å². The second kappa shape index (κ2) is 6.59. The van der Waals surface area contributed by atoms with Gasteiger partial charge in [-0.25, -0.2) is 0 Å². The van der Waals surface area contributed by atoms with Gasteiger partial charge >= 0.3 is 0 Å². The van der Waals surface area contributed by atoms with E-state index in [1.807, 2.05) is 36.4 Å². The quantitative estimate of drug-likeness (QED) is 0.567. The molecule has 1 unspecified atom stereocenters. The molecule has 1 aliphatic heterocycles. The summed E-state index contributed by atoms with van der Waals surface area (Å²) in [4.78, 5) is 0. The maximum absolute atomic E-state index is 6.64. The second-order valence-corrected chi connectivity index (χ2v) is 6.99. The molecule has 0 radical (unpaired) electrons. The molecule has 0 fully saturated rings. The van der Waals surface area contributed by atoms with Gasteiger partial charge < -0.3 is 9.47 Å². The summed E-state index contributed by atoms with van der Waals surface area (Å²) in [6.07, 6.45) is 0.894. The molecule has 21 heavy (non-hydrogen) atoms. The summed E-state index contributed by atoms with van der Waals surface area (Å²) >= 11 is 13.7. The first-order valence-corrected chi connectivity index (χ1v) is 8.66. The lowest BCUT2D eigenvalue weighted by atomic mass is 10.0. The van der Waals surface area contributed by atoms with Crippen molar-refractivity contribution in [2.75, 3.05) is 13.2 Å². The van der Waals surface area contributed by atoms with Gasteiger partial charge in [0.05, 0.1) is 18.6 Å². The fourth-order valence-electron chi connectivity index (χ4n) is 2.23. The molecule has 1 atom stereocenters. The monoisotopic (exact) mass is 430 g/mol. The largest absolute Gasteiger partial charge is 0.490 e. The number of hydrogen-bond donors (Lipinski definition) is 0. The zero-order valence-corrected chi connectivity index (χ0v) is 15.0. The average Bonchev–Trinajstić information content (AvgIpc) is 2.73. The Labute approximate surface area is 145 Å². The summed E-state index contributed by atoms with van der Waals surface area (Å²) in [5.41, 5.74) is 2.00. The van der Waals surface area contributed by atoms with Crippen LogP contribution in [0, 0.1) is 0 Å². The van der Waals surface area contributed by atoms with E-state index in [1.165, 1.54) is 0 Å². The molecule has 1 aliphatic rings. The molecule has 3 rings (SSSR count). The molecule has 0 aliphatic carbocycles. The van der Waals surface area contributed by atoms with Gasteiger partial charge in [0.25, 0.3) is 0 Å². The predicted molar refractivity (Wildman–Crippen MR) is 91.6 cm³/mol. The third-order valence-electron chi connectivity index (χ3n) is 3.30. The standard InChI is InChI=1S/C16H13Br2ClO2/c17-11-3-4-13(18)12(9-11)16(19)10-2-5-14-15(8-10)21-7-1-6-20-14/h2-5,8-9,16H,1,6-7H2. The SMILES string of the molecule is ClC(c1ccc2c(c1)OCCCO2)c1cc(Br)ccc1Br. The van der Waals surface area contributed by atoms with Gasteiger partial charge in [-0.3, -0.25) is 0 Å². The van der Waals surface area contributed by atoms with Crippen LogP contribution >= 0.6 is 43.5 Å². The van der Waals surface area contributed by atoms with Crippen LogP contribution in [0.2, 0.25) is 0 Å². The van der Waals surface area contributed by atoms with Gasteiger partial charge in [-0.15, -0.1) is 11.6 Å². The van der Waals surface area contributed by atoms with E-state index in [1.54, 1.807) is 0 Å². The number of alkyl halides is 1. The molecular weight excluding hydrogens is 419 g/mol. The minimum absolute atomic E-state index is 0.256. The number of halogens is 3. The van der Waals surface area contributed by atoms with Gasteiger partial charge in [0.1, 0.15) is 0 Å². The maximum Gasteiger partial charge on any atom is 0.161 e. The number of fused-ring (bicyclic) bond motifs is 1. The zero-order valence-electron chi connectivity index (χ0n) is 11.1. The van der Waals surface area contributed by atoms with Crippen molar-refractivity contribution < 1.29 is 9.47 Å². The molecular formula is C16H13Br2ClO2. The van der Waals surface area contributed by atoms with Crippen molar-refractivity contribution in [3.05, 3.63) is 56.5 Å². The first-order valence-electron chi connectivity index (χ1n) is 6.64. The average molecular weight is 433 g/mol. The molecule has 0 bridgehead atoms. The Morgan fingerprint density at radius 3 is 2.52 bits per heavy atom. The van der Waals surface area contributed by atoms with Gasteiger partial charge in [0, 0.05) is 15.4 Å². The Bertz CT molecular complexity index is 661. The van der Waals surface area contributed by atoms with E-state index < -0.39 is 0 Å². The Hall–Kier alpha value is -0.710. The van der Waals surface area contributed by atoms with E-state index in [0.717, 1.165) is 38.0 Å². The van der Waals surface area contributed by atoms with Crippen LogP contribution in [0.25, 0.3) is 0 Å². The lowest BCUT2D eigenvalue weighted by Gasteiger charge is -2.15. The molecule has 2 aromatic rings. The molecule has 0 saturated heterocycles. The van der Waals surface area contributed by atoms with E-state index in [4.69, 9.17) is 21.1 Å². The first kappa shape index (κ1) is 15.2. The fraction of sp³-hybridized carbons (Fsp3) is 0.250. The third-order valence-corrected chi connectivity index (χ3v) is 5.00. The molecule has 5 heteroatoms. The maximum atomic E-state index is 6.64. The molecule has 0 spiro atoms. The van der Waals surface area contributed by atoms with Crippen LogP contribution in [-0.2, 0) is 0 Å². The summed E-state index contributed by atoms with van der Waals surface area (Å²) in [6.45, 7) is 1.36. The summed E-state index contributed by atoms with van der Waals surface area (Å²) < 4.78 is 13.4. The molecule has 2 nitrogen and oxygen atoms in total. The Morgan fingerprint density at radius 2 is 1.71 bits per heavy atom. The van der Waals surface area contributed by atoms with Crippen LogP contribution < -0.4 is 9.47 Å². The van der Waals surface area contributed by atoms with Gasteiger partial charge in [0.15, 0.2) is 11.5 Å². The molecule has 2 aromatic carbocycles. The van der Waals surface area contributed by atoms with Gasteiger partial charge in [-0.05, 0) is 41.5 Å². The Kier molecular flexibility index (Phi) is 4.77. The van der Waals surface area contributed by atoms with E-state index in [-0.39, 0.29) is 5.38 Å². The number of ether oxygens (including phenoxy) is 2. The van der Waals surface area contributed by atoms with Crippen molar-refractivity contribution in [2.45, 2.75) is 11.8 Å². The van der Waals surface area contributed by atoms with Crippen molar-refractivity contribution in [3.63, 3.8) is 0 Å². The minimum Gasteiger partial charge on any atom is -0.490 e. The fourth-order valence-corrected chi connectivity index (χ4v) is 3.53. The van der Waals surface area contributed by atoms with Crippen LogP contribution in [0.15, 0.2) is 45.3 Å². The summed E-state index contributed by atoms with van der Waals surface area (Å²) in [5, 5.41) is -0.256. The molecule has 0 amide bonds. The Balaban J connectivity index is 1.96.